The van der Waals surface area contributed by atoms with E-state index < -0.39 is 0 Å². The van der Waals surface area contributed by atoms with Crippen LogP contribution in [0.15, 0.2) is 35.4 Å². The van der Waals surface area contributed by atoms with Gasteiger partial charge < -0.3 is 4.74 Å². The predicted octanol–water partition coefficient (Wildman–Crippen LogP) is 2.60. The van der Waals surface area contributed by atoms with Gasteiger partial charge in [0.2, 0.25) is 0 Å². The third kappa shape index (κ3) is 5.23. The molecule has 0 aliphatic rings. The minimum atomic E-state index is -0.370. The van der Waals surface area contributed by atoms with Crippen LogP contribution < -0.4 is 0 Å². The second-order valence-electron chi connectivity index (χ2n) is 4.02. The molecule has 0 saturated heterocycles. The molecule has 0 fully saturated rings. The summed E-state index contributed by atoms with van der Waals surface area (Å²) in [6.07, 6.45) is 0.278. The summed E-state index contributed by atoms with van der Waals surface area (Å²) in [5.41, 5.74) is 9.07. The predicted molar refractivity (Wildman–Crippen MR) is 69.5 cm³/mol. The Morgan fingerprint density at radius 2 is 2.00 bits per heavy atom. The van der Waals surface area contributed by atoms with Gasteiger partial charge in [0.25, 0.3) is 0 Å². The third-order valence-electron chi connectivity index (χ3n) is 2.70. The molecule has 1 aromatic rings. The number of hydrogen-bond acceptors (Lipinski definition) is 4. The fourth-order valence-electron chi connectivity index (χ4n) is 1.77. The molecule has 1 atom stereocenters. The molecule has 19 heavy (non-hydrogen) atoms. The first-order valence-corrected chi connectivity index (χ1v) is 5.81. The maximum Gasteiger partial charge on any atom is 0.306 e. The van der Waals surface area contributed by atoms with Crippen molar-refractivity contribution in [2.75, 3.05) is 13.7 Å². The van der Waals surface area contributed by atoms with Crippen molar-refractivity contribution in [3.05, 3.63) is 46.3 Å². The molecule has 0 N–H and O–H groups in total. The maximum absolute atomic E-state index is 11.6. The number of benzene rings is 1. The Kier molecular flexibility index (Phi) is 6.12. The summed E-state index contributed by atoms with van der Waals surface area (Å²) in [4.78, 5) is 25.6. The number of carbonyl (C=O) groups is 2. The Morgan fingerprint density at radius 1 is 1.32 bits per heavy atom. The summed E-state index contributed by atoms with van der Waals surface area (Å²) in [6, 6.07) is 9.26. The minimum Gasteiger partial charge on any atom is -0.469 e. The summed E-state index contributed by atoms with van der Waals surface area (Å²) >= 11 is 0. The van der Waals surface area contributed by atoms with Crippen LogP contribution in [-0.4, -0.2) is 25.4 Å². The largest absolute Gasteiger partial charge is 0.469 e. The lowest BCUT2D eigenvalue weighted by Gasteiger charge is -2.14. The van der Waals surface area contributed by atoms with Crippen LogP contribution in [-0.2, 0) is 14.3 Å². The van der Waals surface area contributed by atoms with Crippen LogP contribution in [0.4, 0.5) is 0 Å². The highest BCUT2D eigenvalue weighted by molar-refractivity contribution is 5.82. The van der Waals surface area contributed by atoms with Gasteiger partial charge in [0.15, 0.2) is 0 Å². The van der Waals surface area contributed by atoms with Gasteiger partial charge in [0, 0.05) is 17.3 Å². The van der Waals surface area contributed by atoms with E-state index in [-0.39, 0.29) is 37.1 Å². The number of ketones is 1. The van der Waals surface area contributed by atoms with Crippen LogP contribution in [0.5, 0.6) is 0 Å². The lowest BCUT2D eigenvalue weighted by molar-refractivity contribution is -0.141. The summed E-state index contributed by atoms with van der Waals surface area (Å²) in [6.45, 7) is -0.193. The fourth-order valence-corrected chi connectivity index (χ4v) is 1.77. The van der Waals surface area contributed by atoms with Crippen LogP contribution in [0, 0.1) is 0 Å². The van der Waals surface area contributed by atoms with Gasteiger partial charge in [-0.15, -0.1) is 0 Å². The Morgan fingerprint density at radius 3 is 2.58 bits per heavy atom. The molecular weight excluding hydrogens is 246 g/mol. The second kappa shape index (κ2) is 7.89. The van der Waals surface area contributed by atoms with E-state index in [0.717, 1.165) is 5.56 Å². The van der Waals surface area contributed by atoms with Gasteiger partial charge in [-0.3, -0.25) is 9.59 Å². The Bertz CT molecular complexity index is 481. The zero-order chi connectivity index (χ0) is 14.1. The minimum absolute atomic E-state index is 0.128. The van der Waals surface area contributed by atoms with Gasteiger partial charge in [0.1, 0.15) is 5.78 Å². The highest BCUT2D eigenvalue weighted by Crippen LogP contribution is 2.24. The zero-order valence-corrected chi connectivity index (χ0v) is 10.7. The smallest absolute Gasteiger partial charge is 0.306 e. The van der Waals surface area contributed by atoms with Crippen molar-refractivity contribution in [2.45, 2.75) is 18.8 Å². The molecule has 0 aliphatic heterocycles. The van der Waals surface area contributed by atoms with Gasteiger partial charge in [-0.2, -0.15) is 0 Å². The first-order chi connectivity index (χ1) is 9.17. The monoisotopic (exact) mass is 261 g/mol. The average Bonchev–Trinajstić information content (AvgIpc) is 2.45. The van der Waals surface area contributed by atoms with Crippen molar-refractivity contribution >= 4 is 11.8 Å². The normalized spacial score (nSPS) is 11.2. The molecule has 0 aliphatic carbocycles. The number of methoxy groups -OCH3 is 1. The lowest BCUT2D eigenvalue weighted by Crippen LogP contribution is -2.14. The molecule has 0 bridgehead atoms. The molecule has 1 rings (SSSR count). The van der Waals surface area contributed by atoms with E-state index in [1.165, 1.54) is 7.11 Å². The zero-order valence-electron chi connectivity index (χ0n) is 10.7. The summed E-state index contributed by atoms with van der Waals surface area (Å²) in [5, 5.41) is 3.23. The van der Waals surface area contributed by atoms with Crippen LogP contribution in [0.3, 0.4) is 0 Å². The van der Waals surface area contributed by atoms with Crippen molar-refractivity contribution < 1.29 is 14.3 Å². The van der Waals surface area contributed by atoms with Crippen molar-refractivity contribution in [1.29, 1.82) is 0 Å². The SMILES string of the molecule is COC(=O)C[C@H](CC(=O)CN=[N+]=[N-])c1ccccc1. The molecule has 100 valence electrons. The molecule has 1 aromatic carbocycles. The van der Waals surface area contributed by atoms with Crippen LogP contribution in [0.1, 0.15) is 24.3 Å². The van der Waals surface area contributed by atoms with Gasteiger partial charge in [-0.25, -0.2) is 0 Å². The number of azide groups is 1. The molecule has 0 spiro atoms. The van der Waals surface area contributed by atoms with E-state index in [9.17, 15) is 9.59 Å². The van der Waals surface area contributed by atoms with Crippen molar-refractivity contribution in [3.63, 3.8) is 0 Å². The fraction of sp³-hybridized carbons (Fsp3) is 0.385. The van der Waals surface area contributed by atoms with Crippen molar-refractivity contribution in [3.8, 4) is 0 Å². The summed E-state index contributed by atoms with van der Waals surface area (Å²) in [5.74, 6) is -0.823. The van der Waals surface area contributed by atoms with E-state index in [2.05, 4.69) is 14.8 Å². The van der Waals surface area contributed by atoms with Gasteiger partial charge >= 0.3 is 5.97 Å². The van der Waals surface area contributed by atoms with Crippen LogP contribution in [0.2, 0.25) is 0 Å². The average molecular weight is 261 g/mol. The van der Waals surface area contributed by atoms with Crippen molar-refractivity contribution in [1.82, 2.24) is 0 Å². The van der Waals surface area contributed by atoms with Gasteiger partial charge in [-0.1, -0.05) is 35.4 Å². The topological polar surface area (TPSA) is 92.1 Å². The second-order valence-corrected chi connectivity index (χ2v) is 4.02. The first-order valence-electron chi connectivity index (χ1n) is 5.81. The van der Waals surface area contributed by atoms with Crippen LogP contribution in [0.25, 0.3) is 10.4 Å². The lowest BCUT2D eigenvalue weighted by atomic mass is 9.91. The molecule has 0 unspecified atom stereocenters. The van der Waals surface area contributed by atoms with E-state index >= 15 is 0 Å². The first kappa shape index (κ1) is 14.7. The number of Topliss-reactive ketones (excluding diaryl/α,β-unsaturated/α-hetero) is 1. The van der Waals surface area contributed by atoms with Crippen LogP contribution >= 0.6 is 0 Å². The Balaban J connectivity index is 2.78. The summed E-state index contributed by atoms with van der Waals surface area (Å²) in [7, 11) is 1.31. The maximum atomic E-state index is 11.6. The van der Waals surface area contributed by atoms with E-state index in [1.54, 1.807) is 0 Å². The van der Waals surface area contributed by atoms with E-state index in [1.807, 2.05) is 30.3 Å². The molecule has 0 radical (unpaired) electrons. The molecule has 0 saturated carbocycles. The Hall–Kier alpha value is -2.33. The van der Waals surface area contributed by atoms with E-state index in [0.29, 0.717) is 0 Å². The summed E-state index contributed by atoms with van der Waals surface area (Å²) < 4.78 is 4.63. The number of carbonyl (C=O) groups excluding carboxylic acids is 2. The third-order valence-corrected chi connectivity index (χ3v) is 2.70. The molecule has 6 heteroatoms. The number of hydrogen-bond donors (Lipinski definition) is 0. The highest BCUT2D eigenvalue weighted by atomic mass is 16.5. The Labute approximate surface area is 111 Å². The molecule has 6 nitrogen and oxygen atoms in total. The quantitative estimate of drug-likeness (QED) is 0.327. The standard InChI is InChI=1S/C13H15N3O3/c1-19-13(18)8-11(7-12(17)9-15-16-14)10-5-3-2-4-6-10/h2-6,11H,7-9H2,1H3/t11-/m0/s1. The molecule has 0 aromatic heterocycles. The van der Waals surface area contributed by atoms with Crippen molar-refractivity contribution in [2.24, 2.45) is 5.11 Å². The van der Waals surface area contributed by atoms with Gasteiger partial charge in [-0.05, 0) is 11.1 Å². The molecular formula is C13H15N3O3. The number of ether oxygens (including phenoxy) is 1. The molecule has 0 amide bonds. The number of rotatable bonds is 7. The van der Waals surface area contributed by atoms with Gasteiger partial charge in [0.05, 0.1) is 20.1 Å². The number of nitrogens with zero attached hydrogens (tertiary/aromatic N) is 3. The van der Waals surface area contributed by atoms with E-state index in [4.69, 9.17) is 5.53 Å². The highest BCUT2D eigenvalue weighted by Gasteiger charge is 2.19. The molecule has 0 heterocycles. The number of esters is 1.